The Morgan fingerprint density at radius 1 is 1.58 bits per heavy atom. The maximum atomic E-state index is 12.4. The Hall–Kier alpha value is -0.700. The lowest BCUT2D eigenvalue weighted by Crippen LogP contribution is -1.98. The Balaban J connectivity index is 3.20. The fraction of sp³-hybridized carbons (Fsp3) is 0.375. The Morgan fingerprint density at radius 2 is 2.25 bits per heavy atom. The van der Waals surface area contributed by atoms with Gasteiger partial charge in [0.1, 0.15) is 0 Å². The minimum absolute atomic E-state index is 0.0347. The van der Waals surface area contributed by atoms with Crippen LogP contribution < -0.4 is 0 Å². The van der Waals surface area contributed by atoms with Crippen LogP contribution in [0.5, 0.6) is 0 Å². The molecular formula is C8H8ClF2N. The van der Waals surface area contributed by atoms with Crippen molar-refractivity contribution >= 4 is 11.6 Å². The van der Waals surface area contributed by atoms with Gasteiger partial charge in [0.25, 0.3) is 6.43 Å². The first-order valence-electron chi connectivity index (χ1n) is 3.45. The van der Waals surface area contributed by atoms with E-state index in [0.717, 1.165) is 0 Å². The van der Waals surface area contributed by atoms with E-state index < -0.39 is 6.43 Å². The van der Waals surface area contributed by atoms with Gasteiger partial charge >= 0.3 is 0 Å². The van der Waals surface area contributed by atoms with Crippen molar-refractivity contribution in [2.24, 2.45) is 0 Å². The molecule has 0 aromatic carbocycles. The molecule has 66 valence electrons. The monoisotopic (exact) mass is 191 g/mol. The highest BCUT2D eigenvalue weighted by molar-refractivity contribution is 6.17. The number of rotatable bonds is 2. The Kier molecular flexibility index (Phi) is 2.98. The molecule has 0 bridgehead atoms. The number of nitrogens with zero attached hydrogens (tertiary/aromatic N) is 1. The lowest BCUT2D eigenvalue weighted by atomic mass is 10.1. The second kappa shape index (κ2) is 3.81. The van der Waals surface area contributed by atoms with Crippen molar-refractivity contribution in [3.05, 3.63) is 29.1 Å². The quantitative estimate of drug-likeness (QED) is 0.655. The molecule has 0 atom stereocenters. The second-order valence-electron chi connectivity index (χ2n) is 2.40. The molecule has 1 heterocycles. The molecule has 1 rings (SSSR count). The molecular weight excluding hydrogens is 184 g/mol. The average molecular weight is 192 g/mol. The minimum Gasteiger partial charge on any atom is -0.261 e. The number of alkyl halides is 3. The lowest BCUT2D eigenvalue weighted by molar-refractivity contribution is 0.149. The van der Waals surface area contributed by atoms with Crippen molar-refractivity contribution in [3.8, 4) is 0 Å². The predicted molar refractivity (Wildman–Crippen MR) is 43.5 cm³/mol. The van der Waals surface area contributed by atoms with Gasteiger partial charge in [0.05, 0.1) is 0 Å². The van der Waals surface area contributed by atoms with Crippen LogP contribution in [0, 0.1) is 6.92 Å². The highest BCUT2D eigenvalue weighted by Crippen LogP contribution is 2.25. The van der Waals surface area contributed by atoms with Crippen molar-refractivity contribution < 1.29 is 8.78 Å². The van der Waals surface area contributed by atoms with Crippen LogP contribution in [0.25, 0.3) is 0 Å². The summed E-state index contributed by atoms with van der Waals surface area (Å²) in [4.78, 5) is 3.77. The van der Waals surface area contributed by atoms with E-state index in [4.69, 9.17) is 11.6 Å². The van der Waals surface area contributed by atoms with Crippen molar-refractivity contribution in [2.45, 2.75) is 19.2 Å². The normalized spacial score (nSPS) is 10.8. The van der Waals surface area contributed by atoms with Crippen molar-refractivity contribution in [1.29, 1.82) is 0 Å². The molecule has 0 fully saturated rings. The SMILES string of the molecule is Cc1nccc(CCl)c1C(F)F. The molecule has 0 radical (unpaired) electrons. The first-order chi connectivity index (χ1) is 5.66. The molecule has 0 saturated carbocycles. The number of aryl methyl sites for hydroxylation is 1. The molecule has 0 N–H and O–H groups in total. The van der Waals surface area contributed by atoms with Crippen LogP contribution in [0.1, 0.15) is 23.2 Å². The maximum absolute atomic E-state index is 12.4. The Labute approximate surface area is 74.4 Å². The smallest absolute Gasteiger partial charge is 0.261 e. The van der Waals surface area contributed by atoms with Crippen molar-refractivity contribution in [1.82, 2.24) is 4.98 Å². The molecule has 0 saturated heterocycles. The van der Waals surface area contributed by atoms with Crippen LogP contribution >= 0.6 is 11.6 Å². The zero-order chi connectivity index (χ0) is 9.14. The molecule has 0 spiro atoms. The first-order valence-corrected chi connectivity index (χ1v) is 3.98. The van der Waals surface area contributed by atoms with Gasteiger partial charge in [-0.05, 0) is 18.6 Å². The summed E-state index contributed by atoms with van der Waals surface area (Å²) in [5, 5.41) is 0. The van der Waals surface area contributed by atoms with Crippen LogP contribution in [-0.2, 0) is 5.88 Å². The molecule has 1 aromatic heterocycles. The summed E-state index contributed by atoms with van der Waals surface area (Å²) in [6.07, 6.45) is -1.01. The molecule has 0 amide bonds. The van der Waals surface area contributed by atoms with E-state index in [1.165, 1.54) is 12.3 Å². The van der Waals surface area contributed by atoms with Gasteiger partial charge in [-0.2, -0.15) is 0 Å². The molecule has 0 aliphatic carbocycles. The number of halogens is 3. The van der Waals surface area contributed by atoms with Gasteiger partial charge in [0, 0.05) is 23.3 Å². The zero-order valence-electron chi connectivity index (χ0n) is 6.52. The highest BCUT2D eigenvalue weighted by atomic mass is 35.5. The van der Waals surface area contributed by atoms with Gasteiger partial charge in [0.15, 0.2) is 0 Å². The summed E-state index contributed by atoms with van der Waals surface area (Å²) >= 11 is 5.49. The van der Waals surface area contributed by atoms with E-state index in [9.17, 15) is 8.78 Å². The first kappa shape index (κ1) is 9.39. The fourth-order valence-electron chi connectivity index (χ4n) is 1.05. The molecule has 1 nitrogen and oxygen atoms in total. The van der Waals surface area contributed by atoms with E-state index in [1.807, 2.05) is 0 Å². The Bertz CT molecular complexity index is 276. The Morgan fingerprint density at radius 3 is 2.67 bits per heavy atom. The predicted octanol–water partition coefficient (Wildman–Crippen LogP) is 3.07. The topological polar surface area (TPSA) is 12.9 Å². The van der Waals surface area contributed by atoms with Crippen molar-refractivity contribution in [3.63, 3.8) is 0 Å². The zero-order valence-corrected chi connectivity index (χ0v) is 7.28. The fourth-order valence-corrected chi connectivity index (χ4v) is 1.28. The standard InChI is InChI=1S/C8H8ClF2N/c1-5-7(8(10)11)6(4-9)2-3-12-5/h2-3,8H,4H2,1H3. The van der Waals surface area contributed by atoms with Gasteiger partial charge in [0.2, 0.25) is 0 Å². The summed E-state index contributed by atoms with van der Waals surface area (Å²) in [6.45, 7) is 1.55. The average Bonchev–Trinajstić information content (AvgIpc) is 2.03. The van der Waals surface area contributed by atoms with Gasteiger partial charge < -0.3 is 0 Å². The van der Waals surface area contributed by atoms with Gasteiger partial charge in [-0.15, -0.1) is 11.6 Å². The van der Waals surface area contributed by atoms with Gasteiger partial charge in [-0.1, -0.05) is 0 Å². The van der Waals surface area contributed by atoms with E-state index in [2.05, 4.69) is 4.98 Å². The number of aromatic nitrogens is 1. The molecule has 0 aliphatic heterocycles. The van der Waals surface area contributed by atoms with Crippen molar-refractivity contribution in [2.75, 3.05) is 0 Å². The number of hydrogen-bond acceptors (Lipinski definition) is 1. The molecule has 12 heavy (non-hydrogen) atoms. The van der Waals surface area contributed by atoms with E-state index in [1.54, 1.807) is 6.92 Å². The number of hydrogen-bond donors (Lipinski definition) is 0. The third-order valence-corrected chi connectivity index (χ3v) is 1.93. The van der Waals surface area contributed by atoms with Gasteiger partial charge in [-0.25, -0.2) is 8.78 Å². The summed E-state index contributed by atoms with van der Waals surface area (Å²) in [6, 6.07) is 1.52. The second-order valence-corrected chi connectivity index (χ2v) is 2.67. The van der Waals surface area contributed by atoms with E-state index in [0.29, 0.717) is 11.3 Å². The molecule has 1 aromatic rings. The molecule has 0 aliphatic rings. The van der Waals surface area contributed by atoms with Crippen LogP contribution in [0.15, 0.2) is 12.3 Å². The largest absolute Gasteiger partial charge is 0.265 e. The summed E-state index contributed by atoms with van der Waals surface area (Å²) in [7, 11) is 0. The minimum atomic E-state index is -2.49. The summed E-state index contributed by atoms with van der Waals surface area (Å²) in [5.41, 5.74) is 0.773. The van der Waals surface area contributed by atoms with Crippen LogP contribution in [-0.4, -0.2) is 4.98 Å². The maximum Gasteiger partial charge on any atom is 0.265 e. The lowest BCUT2D eigenvalue weighted by Gasteiger charge is -2.07. The summed E-state index contributed by atoms with van der Waals surface area (Å²) in [5.74, 6) is 0.100. The highest BCUT2D eigenvalue weighted by Gasteiger charge is 2.15. The van der Waals surface area contributed by atoms with Crippen LogP contribution in [0.3, 0.4) is 0 Å². The van der Waals surface area contributed by atoms with Crippen LogP contribution in [0.2, 0.25) is 0 Å². The van der Waals surface area contributed by atoms with E-state index >= 15 is 0 Å². The van der Waals surface area contributed by atoms with Gasteiger partial charge in [-0.3, -0.25) is 4.98 Å². The third kappa shape index (κ3) is 1.72. The molecule has 4 heteroatoms. The van der Waals surface area contributed by atoms with E-state index in [-0.39, 0.29) is 11.4 Å². The number of pyridine rings is 1. The summed E-state index contributed by atoms with van der Waals surface area (Å²) < 4.78 is 24.8. The third-order valence-electron chi connectivity index (χ3n) is 1.64. The van der Waals surface area contributed by atoms with Crippen LogP contribution in [0.4, 0.5) is 8.78 Å². The molecule has 0 unspecified atom stereocenters.